The fourth-order valence-corrected chi connectivity index (χ4v) is 3.91. The highest BCUT2D eigenvalue weighted by molar-refractivity contribution is 5.90. The molecule has 0 bridgehead atoms. The predicted octanol–water partition coefficient (Wildman–Crippen LogP) is 4.30. The third kappa shape index (κ3) is 5.11. The number of rotatable bonds is 6. The molecule has 0 saturated heterocycles. The SMILES string of the molecule is O=C(Nc1ccc2c(c1)OCCO2)N[C@@H](Cc1ccc(F)cc1)Cc1ccc2c(c1)OCO2. The molecule has 2 aliphatic heterocycles. The number of ether oxygens (including phenoxy) is 4. The minimum atomic E-state index is -0.348. The molecule has 0 saturated carbocycles. The van der Waals surface area contributed by atoms with Crippen molar-refractivity contribution in [2.75, 3.05) is 25.3 Å². The third-order valence-electron chi connectivity index (χ3n) is 5.45. The fraction of sp³-hybridized carbons (Fsp3) is 0.240. The van der Waals surface area contributed by atoms with Crippen LogP contribution in [-0.4, -0.2) is 32.1 Å². The van der Waals surface area contributed by atoms with Crippen molar-refractivity contribution in [3.05, 3.63) is 77.6 Å². The molecule has 2 heterocycles. The second kappa shape index (κ2) is 9.28. The molecule has 0 fully saturated rings. The lowest BCUT2D eigenvalue weighted by atomic mass is 9.98. The maximum Gasteiger partial charge on any atom is 0.319 e. The van der Waals surface area contributed by atoms with Gasteiger partial charge in [0.25, 0.3) is 0 Å². The normalized spacial score (nSPS) is 14.5. The number of urea groups is 1. The number of halogens is 1. The Bertz CT molecular complexity index is 1150. The summed E-state index contributed by atoms with van der Waals surface area (Å²) in [5, 5.41) is 5.89. The van der Waals surface area contributed by atoms with Crippen LogP contribution >= 0.6 is 0 Å². The predicted molar refractivity (Wildman–Crippen MR) is 120 cm³/mol. The average molecular weight is 450 g/mol. The minimum Gasteiger partial charge on any atom is -0.486 e. The molecule has 0 radical (unpaired) electrons. The molecule has 3 aromatic carbocycles. The van der Waals surface area contributed by atoms with E-state index in [1.54, 1.807) is 30.3 Å². The van der Waals surface area contributed by atoms with Crippen molar-refractivity contribution in [1.29, 1.82) is 0 Å². The number of benzene rings is 3. The molecule has 0 aromatic heterocycles. The Morgan fingerprint density at radius 3 is 2.27 bits per heavy atom. The molecule has 0 unspecified atom stereocenters. The number of hydrogen-bond acceptors (Lipinski definition) is 5. The topological polar surface area (TPSA) is 78.1 Å². The van der Waals surface area contributed by atoms with Gasteiger partial charge in [0.05, 0.1) is 0 Å². The molecule has 1 atom stereocenters. The number of carbonyl (C=O) groups excluding carboxylic acids is 1. The zero-order valence-electron chi connectivity index (χ0n) is 17.8. The van der Waals surface area contributed by atoms with Crippen LogP contribution in [0.1, 0.15) is 11.1 Å². The molecule has 0 aliphatic carbocycles. The largest absolute Gasteiger partial charge is 0.486 e. The minimum absolute atomic E-state index is 0.202. The summed E-state index contributed by atoms with van der Waals surface area (Å²) in [6, 6.07) is 16.7. The van der Waals surface area contributed by atoms with Gasteiger partial charge in [0, 0.05) is 17.8 Å². The van der Waals surface area contributed by atoms with E-state index in [-0.39, 0.29) is 24.7 Å². The fourth-order valence-electron chi connectivity index (χ4n) is 3.91. The monoisotopic (exact) mass is 450 g/mol. The van der Waals surface area contributed by atoms with Crippen molar-refractivity contribution in [1.82, 2.24) is 5.32 Å². The van der Waals surface area contributed by atoms with Gasteiger partial charge >= 0.3 is 6.03 Å². The van der Waals surface area contributed by atoms with Crippen LogP contribution in [0, 0.1) is 5.82 Å². The smallest absolute Gasteiger partial charge is 0.319 e. The van der Waals surface area contributed by atoms with E-state index in [0.717, 1.165) is 11.1 Å². The average Bonchev–Trinajstić information content (AvgIpc) is 3.28. The molecule has 5 rings (SSSR count). The van der Waals surface area contributed by atoms with Gasteiger partial charge in [-0.1, -0.05) is 18.2 Å². The lowest BCUT2D eigenvalue weighted by molar-refractivity contribution is 0.171. The Morgan fingerprint density at radius 2 is 1.42 bits per heavy atom. The molecule has 8 heteroatoms. The van der Waals surface area contributed by atoms with E-state index in [1.807, 2.05) is 18.2 Å². The van der Waals surface area contributed by atoms with E-state index in [1.165, 1.54) is 12.1 Å². The van der Waals surface area contributed by atoms with Crippen molar-refractivity contribution in [2.45, 2.75) is 18.9 Å². The molecule has 2 aliphatic rings. The highest BCUT2D eigenvalue weighted by Crippen LogP contribution is 2.34. The van der Waals surface area contributed by atoms with E-state index in [4.69, 9.17) is 18.9 Å². The molecule has 0 spiro atoms. The Hall–Kier alpha value is -3.94. The Balaban J connectivity index is 1.30. The summed E-state index contributed by atoms with van der Waals surface area (Å²) in [6.45, 7) is 1.18. The van der Waals surface area contributed by atoms with Crippen molar-refractivity contribution in [3.63, 3.8) is 0 Å². The van der Waals surface area contributed by atoms with Crippen LogP contribution in [0.4, 0.5) is 14.9 Å². The summed E-state index contributed by atoms with van der Waals surface area (Å²) in [5.74, 6) is 2.36. The standard InChI is InChI=1S/C25H23FN2O5/c26-18-4-1-16(2-5-18)11-20(12-17-3-7-22-23(13-17)33-15-32-22)28-25(29)27-19-6-8-21-24(14-19)31-10-9-30-21/h1-8,13-14,20H,9-12,15H2,(H2,27,28,29)/t20-/m0/s1. The molecule has 3 aromatic rings. The van der Waals surface area contributed by atoms with Crippen molar-refractivity contribution >= 4 is 11.7 Å². The van der Waals surface area contributed by atoms with Crippen molar-refractivity contribution in [2.24, 2.45) is 0 Å². The van der Waals surface area contributed by atoms with Crippen LogP contribution < -0.4 is 29.6 Å². The highest BCUT2D eigenvalue weighted by Gasteiger charge is 2.19. The van der Waals surface area contributed by atoms with Gasteiger partial charge in [0.1, 0.15) is 19.0 Å². The lowest BCUT2D eigenvalue weighted by Gasteiger charge is -2.21. The van der Waals surface area contributed by atoms with E-state index in [2.05, 4.69) is 10.6 Å². The van der Waals surface area contributed by atoms with E-state index >= 15 is 0 Å². The summed E-state index contributed by atoms with van der Waals surface area (Å²) in [6.07, 6.45) is 1.09. The second-order valence-corrected chi connectivity index (χ2v) is 7.88. The van der Waals surface area contributed by atoms with Gasteiger partial charge in [-0.3, -0.25) is 0 Å². The molecule has 2 amide bonds. The lowest BCUT2D eigenvalue weighted by Crippen LogP contribution is -2.40. The second-order valence-electron chi connectivity index (χ2n) is 7.88. The number of nitrogens with one attached hydrogen (secondary N) is 2. The van der Waals surface area contributed by atoms with E-state index < -0.39 is 0 Å². The van der Waals surface area contributed by atoms with Gasteiger partial charge in [-0.05, 0) is 60.4 Å². The number of anilines is 1. The van der Waals surface area contributed by atoms with Crippen LogP contribution in [-0.2, 0) is 12.8 Å². The highest BCUT2D eigenvalue weighted by atomic mass is 19.1. The van der Waals surface area contributed by atoms with Gasteiger partial charge < -0.3 is 29.6 Å². The third-order valence-corrected chi connectivity index (χ3v) is 5.45. The van der Waals surface area contributed by atoms with Crippen LogP contribution in [0.15, 0.2) is 60.7 Å². The zero-order chi connectivity index (χ0) is 22.6. The molecule has 33 heavy (non-hydrogen) atoms. The van der Waals surface area contributed by atoms with E-state index in [9.17, 15) is 9.18 Å². The van der Waals surface area contributed by atoms with Crippen LogP contribution in [0.25, 0.3) is 0 Å². The number of amides is 2. The van der Waals surface area contributed by atoms with Gasteiger partial charge in [-0.2, -0.15) is 0 Å². The van der Waals surface area contributed by atoms with Crippen LogP contribution in [0.3, 0.4) is 0 Å². The number of hydrogen-bond donors (Lipinski definition) is 2. The first-order valence-electron chi connectivity index (χ1n) is 10.7. The summed E-state index contributed by atoms with van der Waals surface area (Å²) in [4.78, 5) is 12.8. The van der Waals surface area contributed by atoms with Crippen LogP contribution in [0.5, 0.6) is 23.0 Å². The first-order valence-corrected chi connectivity index (χ1v) is 10.7. The van der Waals surface area contributed by atoms with Gasteiger partial charge in [0.2, 0.25) is 6.79 Å². The Kier molecular flexibility index (Phi) is 5.89. The molecule has 170 valence electrons. The maximum absolute atomic E-state index is 13.3. The van der Waals surface area contributed by atoms with Crippen molar-refractivity contribution in [3.8, 4) is 23.0 Å². The molecular formula is C25H23FN2O5. The van der Waals surface area contributed by atoms with Gasteiger partial charge in [-0.15, -0.1) is 0 Å². The molecule has 2 N–H and O–H groups in total. The number of fused-ring (bicyclic) bond motifs is 2. The molecular weight excluding hydrogens is 427 g/mol. The first kappa shape index (κ1) is 20.9. The first-order chi connectivity index (χ1) is 16.1. The number of carbonyl (C=O) groups is 1. The van der Waals surface area contributed by atoms with Gasteiger partial charge in [0.15, 0.2) is 23.0 Å². The zero-order valence-corrected chi connectivity index (χ0v) is 17.8. The maximum atomic E-state index is 13.3. The van der Waals surface area contributed by atoms with Crippen molar-refractivity contribution < 1.29 is 28.1 Å². The van der Waals surface area contributed by atoms with E-state index in [0.29, 0.717) is 54.7 Å². The summed E-state index contributed by atoms with van der Waals surface area (Å²) in [5.41, 5.74) is 2.51. The molecule has 7 nitrogen and oxygen atoms in total. The van der Waals surface area contributed by atoms with Crippen LogP contribution in [0.2, 0.25) is 0 Å². The summed E-state index contributed by atoms with van der Waals surface area (Å²) < 4.78 is 35.3. The Labute approximate surface area is 190 Å². The quantitative estimate of drug-likeness (QED) is 0.586. The van der Waals surface area contributed by atoms with Gasteiger partial charge in [-0.25, -0.2) is 9.18 Å². The summed E-state index contributed by atoms with van der Waals surface area (Å²) >= 11 is 0. The Morgan fingerprint density at radius 1 is 0.788 bits per heavy atom. The summed E-state index contributed by atoms with van der Waals surface area (Å²) in [7, 11) is 0.